The molecule has 0 N–H and O–H groups in total. The van der Waals surface area contributed by atoms with E-state index in [1.54, 1.807) is 30.3 Å². The summed E-state index contributed by atoms with van der Waals surface area (Å²) < 4.78 is 32.5. The third-order valence-corrected chi connectivity index (χ3v) is 6.56. The number of carbonyl (C=O) groups is 1. The zero-order chi connectivity index (χ0) is 22.7. The highest BCUT2D eigenvalue weighted by Crippen LogP contribution is 2.24. The maximum atomic E-state index is 13.0. The predicted octanol–water partition coefficient (Wildman–Crippen LogP) is 5.89. The normalized spacial score (nSPS) is 11.8. The van der Waals surface area contributed by atoms with Gasteiger partial charge in [0.25, 0.3) is 0 Å². The van der Waals surface area contributed by atoms with Gasteiger partial charge in [0.2, 0.25) is 0 Å². The lowest BCUT2D eigenvalue weighted by Gasteiger charge is -2.09. The second-order valence-electron chi connectivity index (χ2n) is 7.67. The Morgan fingerprint density at radius 1 is 0.906 bits per heavy atom. The van der Waals surface area contributed by atoms with E-state index in [0.717, 1.165) is 27.5 Å². The van der Waals surface area contributed by atoms with Gasteiger partial charge >= 0.3 is 6.09 Å². The van der Waals surface area contributed by atoms with Crippen LogP contribution in [-0.4, -0.2) is 19.1 Å². The van der Waals surface area contributed by atoms with E-state index in [0.29, 0.717) is 11.2 Å². The van der Waals surface area contributed by atoms with Gasteiger partial charge in [0.1, 0.15) is 6.61 Å². The van der Waals surface area contributed by atoms with Crippen LogP contribution in [0.15, 0.2) is 89.2 Å². The van der Waals surface area contributed by atoms with Gasteiger partial charge in [-0.15, -0.1) is 0 Å². The Labute approximate surface area is 187 Å². The van der Waals surface area contributed by atoms with Crippen LogP contribution in [0.1, 0.15) is 22.4 Å². The summed E-state index contributed by atoms with van der Waals surface area (Å²) in [4.78, 5) is 13.2. The van der Waals surface area contributed by atoms with Crippen LogP contribution in [0.25, 0.3) is 17.0 Å². The lowest BCUT2D eigenvalue weighted by atomic mass is 10.2. The van der Waals surface area contributed by atoms with E-state index in [1.165, 1.54) is 10.6 Å². The monoisotopic (exact) mass is 445 g/mol. The molecule has 6 heteroatoms. The van der Waals surface area contributed by atoms with Gasteiger partial charge in [0.15, 0.2) is 9.84 Å². The van der Waals surface area contributed by atoms with Crippen LogP contribution in [-0.2, 0) is 21.2 Å². The quantitative estimate of drug-likeness (QED) is 0.384. The van der Waals surface area contributed by atoms with Crippen molar-refractivity contribution in [3.05, 3.63) is 107 Å². The van der Waals surface area contributed by atoms with Crippen molar-refractivity contribution in [2.24, 2.45) is 0 Å². The number of aromatic nitrogens is 1. The molecule has 0 atom stereocenters. The van der Waals surface area contributed by atoms with Crippen molar-refractivity contribution in [2.45, 2.75) is 25.3 Å². The number of carbonyl (C=O) groups excluding carboxylic acids is 1. The highest BCUT2D eigenvalue weighted by atomic mass is 32.2. The lowest BCUT2D eigenvalue weighted by Crippen LogP contribution is -2.15. The van der Waals surface area contributed by atoms with E-state index >= 15 is 0 Å². The third-order valence-electron chi connectivity index (χ3n) is 5.14. The minimum Gasteiger partial charge on any atom is -0.444 e. The zero-order valence-electron chi connectivity index (χ0n) is 17.9. The van der Waals surface area contributed by atoms with Crippen LogP contribution in [0.2, 0.25) is 0 Å². The summed E-state index contributed by atoms with van der Waals surface area (Å²) in [5, 5.41) is 1.95. The third kappa shape index (κ3) is 4.65. The fraction of sp³-hybridized carbons (Fsp3) is 0.115. The molecule has 0 saturated heterocycles. The number of hydrogen-bond acceptors (Lipinski definition) is 4. The Balaban J connectivity index is 1.69. The fourth-order valence-electron chi connectivity index (χ4n) is 3.43. The van der Waals surface area contributed by atoms with Gasteiger partial charge < -0.3 is 4.74 Å². The van der Waals surface area contributed by atoms with Crippen LogP contribution in [0, 0.1) is 13.8 Å². The van der Waals surface area contributed by atoms with Crippen LogP contribution in [0.4, 0.5) is 4.79 Å². The molecule has 0 unspecified atom stereocenters. The number of fused-ring (bicyclic) bond motifs is 1. The van der Waals surface area contributed by atoms with Crippen LogP contribution in [0.5, 0.6) is 0 Å². The first kappa shape index (κ1) is 21.6. The topological polar surface area (TPSA) is 65.4 Å². The number of aryl methyl sites for hydroxylation is 2. The second-order valence-corrected chi connectivity index (χ2v) is 9.50. The number of hydrogen-bond donors (Lipinski definition) is 0. The molecule has 5 nitrogen and oxygen atoms in total. The van der Waals surface area contributed by atoms with Crippen molar-refractivity contribution < 1.29 is 17.9 Å². The molecule has 162 valence electrons. The van der Waals surface area contributed by atoms with E-state index in [2.05, 4.69) is 0 Å². The zero-order valence-corrected chi connectivity index (χ0v) is 18.7. The molecule has 0 aliphatic heterocycles. The van der Waals surface area contributed by atoms with Crippen molar-refractivity contribution in [3.63, 3.8) is 0 Å². The summed E-state index contributed by atoms with van der Waals surface area (Å²) >= 11 is 0. The Bertz CT molecular complexity index is 1400. The molecule has 3 aromatic carbocycles. The van der Waals surface area contributed by atoms with E-state index in [1.807, 2.05) is 62.4 Å². The van der Waals surface area contributed by atoms with E-state index < -0.39 is 15.9 Å². The average molecular weight is 446 g/mol. The smallest absolute Gasteiger partial charge is 0.419 e. The number of rotatable bonds is 5. The van der Waals surface area contributed by atoms with Crippen molar-refractivity contribution in [2.75, 3.05) is 0 Å². The average Bonchev–Trinajstić information content (AvgIpc) is 3.14. The largest absolute Gasteiger partial charge is 0.444 e. The predicted molar refractivity (Wildman–Crippen MR) is 126 cm³/mol. The van der Waals surface area contributed by atoms with Crippen LogP contribution < -0.4 is 0 Å². The minimum atomic E-state index is -3.66. The highest BCUT2D eigenvalue weighted by Gasteiger charge is 2.17. The summed E-state index contributed by atoms with van der Waals surface area (Å²) in [6, 6.07) is 23.5. The van der Waals surface area contributed by atoms with Crippen LogP contribution >= 0.6 is 0 Å². The van der Waals surface area contributed by atoms with Gasteiger partial charge in [-0.05, 0) is 55.8 Å². The lowest BCUT2D eigenvalue weighted by molar-refractivity contribution is 0.142. The standard InChI is InChI=1S/C26H23NO4S/c1-19-8-11-24(12-9-19)32(29,30)15-14-23-17-22-16-20(2)10-13-25(22)27(23)26(28)31-18-21-6-4-3-5-7-21/h3-17H,18H2,1-2H3/b15-14+. The molecule has 0 amide bonds. The molecule has 0 spiro atoms. The Hall–Kier alpha value is -3.64. The Kier molecular flexibility index (Phi) is 5.97. The van der Waals surface area contributed by atoms with Gasteiger partial charge in [0, 0.05) is 10.8 Å². The van der Waals surface area contributed by atoms with E-state index in [9.17, 15) is 13.2 Å². The number of sulfone groups is 1. The molecular formula is C26H23NO4S. The summed E-state index contributed by atoms with van der Waals surface area (Å²) in [7, 11) is -3.66. The molecule has 32 heavy (non-hydrogen) atoms. The summed E-state index contributed by atoms with van der Waals surface area (Å²) in [5.41, 5.74) is 3.97. The maximum Gasteiger partial charge on any atom is 0.419 e. The van der Waals surface area contributed by atoms with Crippen molar-refractivity contribution >= 4 is 32.9 Å². The first-order valence-corrected chi connectivity index (χ1v) is 11.7. The van der Waals surface area contributed by atoms with Gasteiger partial charge in [0.05, 0.1) is 16.1 Å². The van der Waals surface area contributed by atoms with Crippen molar-refractivity contribution in [1.82, 2.24) is 4.57 Å². The highest BCUT2D eigenvalue weighted by molar-refractivity contribution is 7.94. The fourth-order valence-corrected chi connectivity index (χ4v) is 4.42. The molecule has 0 bridgehead atoms. The van der Waals surface area contributed by atoms with E-state index in [-0.39, 0.29) is 11.5 Å². The molecule has 0 radical (unpaired) electrons. The SMILES string of the molecule is Cc1ccc(S(=O)(=O)/C=C/c2cc3cc(C)ccc3n2C(=O)OCc2ccccc2)cc1. The second kappa shape index (κ2) is 8.85. The molecule has 0 fully saturated rings. The number of nitrogens with zero attached hydrogens (tertiary/aromatic N) is 1. The molecule has 4 aromatic rings. The molecular weight excluding hydrogens is 422 g/mol. The number of ether oxygens (including phenoxy) is 1. The van der Waals surface area contributed by atoms with Crippen molar-refractivity contribution in [3.8, 4) is 0 Å². The molecule has 0 aliphatic carbocycles. The first-order valence-electron chi connectivity index (χ1n) is 10.2. The minimum absolute atomic E-state index is 0.121. The first-order chi connectivity index (χ1) is 15.3. The van der Waals surface area contributed by atoms with Crippen LogP contribution in [0.3, 0.4) is 0 Å². The summed E-state index contributed by atoms with van der Waals surface area (Å²) in [6.07, 6.45) is 0.869. The Morgan fingerprint density at radius 2 is 1.59 bits per heavy atom. The van der Waals surface area contributed by atoms with Gasteiger partial charge in [-0.3, -0.25) is 0 Å². The van der Waals surface area contributed by atoms with Crippen molar-refractivity contribution in [1.29, 1.82) is 0 Å². The maximum absolute atomic E-state index is 13.0. The molecule has 0 saturated carbocycles. The van der Waals surface area contributed by atoms with Gasteiger partial charge in [-0.2, -0.15) is 0 Å². The summed E-state index contributed by atoms with van der Waals surface area (Å²) in [6.45, 7) is 3.98. The van der Waals surface area contributed by atoms with E-state index in [4.69, 9.17) is 4.74 Å². The Morgan fingerprint density at radius 3 is 2.31 bits per heavy atom. The molecule has 4 rings (SSSR count). The van der Waals surface area contributed by atoms with Gasteiger partial charge in [-0.25, -0.2) is 17.8 Å². The number of benzene rings is 3. The molecule has 1 aromatic heterocycles. The van der Waals surface area contributed by atoms with Gasteiger partial charge in [-0.1, -0.05) is 59.7 Å². The molecule has 0 aliphatic rings. The molecule has 1 heterocycles. The summed E-state index contributed by atoms with van der Waals surface area (Å²) in [5.74, 6) is 0.